The second-order valence-corrected chi connectivity index (χ2v) is 1.55. The summed E-state index contributed by atoms with van der Waals surface area (Å²) in [5, 5.41) is 7.78. The number of hydrogen-bond acceptors (Lipinski definition) is 1. The number of carbonyl (C=O) groups is 1. The minimum atomic E-state index is -4.45. The first-order chi connectivity index (χ1) is 4.86. The average molecular weight is 171 g/mol. The van der Waals surface area contributed by atoms with Crippen LogP contribution in [0.5, 0.6) is 0 Å². The number of hydrogen-bond donors (Lipinski definition) is 1. The van der Waals surface area contributed by atoms with Crippen molar-refractivity contribution in [3.8, 4) is 0 Å². The molecule has 0 aliphatic carbocycles. The highest BCUT2D eigenvalue weighted by Gasteiger charge is 2.40. The summed E-state index contributed by atoms with van der Waals surface area (Å²) in [5.41, 5.74) is 0. The summed E-state index contributed by atoms with van der Waals surface area (Å²) in [6, 6.07) is 0. The van der Waals surface area contributed by atoms with Gasteiger partial charge in [0, 0.05) is 6.08 Å². The summed E-state index contributed by atoms with van der Waals surface area (Å²) in [6.45, 7) is 0. The standard InChI is InChI=1S/C5H3F4O2/c6-4(7)5(8,9)2-1-3(10)11/h1-2H,(H,10,11). The van der Waals surface area contributed by atoms with E-state index in [4.69, 9.17) is 5.11 Å². The zero-order valence-electron chi connectivity index (χ0n) is 5.02. The zero-order chi connectivity index (χ0) is 9.07. The highest BCUT2D eigenvalue weighted by molar-refractivity contribution is 5.79. The SMILES string of the molecule is O=C(O)C=CC(F)(F)[C](F)F. The maximum atomic E-state index is 11.8. The second-order valence-electron chi connectivity index (χ2n) is 1.55. The number of carboxylic acids is 1. The molecule has 1 N–H and O–H groups in total. The van der Waals surface area contributed by atoms with Crippen LogP contribution in [0, 0.1) is 6.43 Å². The van der Waals surface area contributed by atoms with E-state index in [9.17, 15) is 22.4 Å². The van der Waals surface area contributed by atoms with Gasteiger partial charge in [-0.05, 0) is 6.08 Å². The Labute approximate surface area is 59.1 Å². The van der Waals surface area contributed by atoms with Crippen molar-refractivity contribution in [3.05, 3.63) is 18.6 Å². The molecule has 63 valence electrons. The van der Waals surface area contributed by atoms with Gasteiger partial charge in [0.05, 0.1) is 0 Å². The lowest BCUT2D eigenvalue weighted by atomic mass is 10.3. The van der Waals surface area contributed by atoms with Gasteiger partial charge >= 0.3 is 18.3 Å². The zero-order valence-corrected chi connectivity index (χ0v) is 5.02. The van der Waals surface area contributed by atoms with Crippen LogP contribution in [-0.4, -0.2) is 17.0 Å². The largest absolute Gasteiger partial charge is 0.478 e. The van der Waals surface area contributed by atoms with Crippen molar-refractivity contribution in [1.29, 1.82) is 0 Å². The molecule has 6 heteroatoms. The van der Waals surface area contributed by atoms with Crippen LogP contribution in [-0.2, 0) is 4.79 Å². The Hall–Kier alpha value is -1.07. The highest BCUT2D eigenvalue weighted by Crippen LogP contribution is 2.29. The molecule has 0 unspecified atom stereocenters. The predicted molar refractivity (Wildman–Crippen MR) is 27.2 cm³/mol. The lowest BCUT2D eigenvalue weighted by Crippen LogP contribution is -2.16. The maximum absolute atomic E-state index is 11.8. The number of alkyl halides is 2. The average Bonchev–Trinajstić information content (AvgIpc) is 1.84. The summed E-state index contributed by atoms with van der Waals surface area (Å²) in [6.07, 6.45) is -3.56. The van der Waals surface area contributed by atoms with E-state index in [0.717, 1.165) is 0 Å². The van der Waals surface area contributed by atoms with Crippen LogP contribution < -0.4 is 0 Å². The van der Waals surface area contributed by atoms with Gasteiger partial charge in [0.1, 0.15) is 0 Å². The van der Waals surface area contributed by atoms with Gasteiger partial charge in [0.25, 0.3) is 0 Å². The van der Waals surface area contributed by atoms with Crippen LogP contribution in [0.4, 0.5) is 17.6 Å². The number of carboxylic acid groups (broad SMARTS) is 1. The molecular weight excluding hydrogens is 168 g/mol. The maximum Gasteiger partial charge on any atom is 0.382 e. The fraction of sp³-hybridized carbons (Fsp3) is 0.200. The Morgan fingerprint density at radius 3 is 2.09 bits per heavy atom. The second kappa shape index (κ2) is 3.36. The van der Waals surface area contributed by atoms with Gasteiger partial charge in [0.2, 0.25) is 0 Å². The molecule has 0 fully saturated rings. The molecule has 2 nitrogen and oxygen atoms in total. The molecule has 1 radical (unpaired) electrons. The lowest BCUT2D eigenvalue weighted by molar-refractivity contribution is -0.131. The summed E-state index contributed by atoms with van der Waals surface area (Å²) in [7, 11) is 0. The molecular formula is C5H3F4O2. The van der Waals surface area contributed by atoms with Crippen molar-refractivity contribution in [2.24, 2.45) is 0 Å². The highest BCUT2D eigenvalue weighted by atomic mass is 19.3. The first-order valence-corrected chi connectivity index (χ1v) is 2.34. The van der Waals surface area contributed by atoms with E-state index >= 15 is 0 Å². The third kappa shape index (κ3) is 3.59. The molecule has 0 aromatic rings. The molecule has 0 heterocycles. The minimum absolute atomic E-state index is 0.0425. The van der Waals surface area contributed by atoms with Gasteiger partial charge in [-0.25, -0.2) is 4.79 Å². The van der Waals surface area contributed by atoms with Crippen LogP contribution in [0.25, 0.3) is 0 Å². The molecule has 0 bridgehead atoms. The van der Waals surface area contributed by atoms with Crippen LogP contribution in [0.15, 0.2) is 12.2 Å². The fourth-order valence-electron chi connectivity index (χ4n) is 0.239. The Balaban J connectivity index is 4.23. The van der Waals surface area contributed by atoms with Crippen molar-refractivity contribution in [1.82, 2.24) is 0 Å². The van der Waals surface area contributed by atoms with Crippen molar-refractivity contribution >= 4 is 5.97 Å². The number of rotatable bonds is 3. The summed E-state index contributed by atoms with van der Waals surface area (Å²) in [4.78, 5) is 9.59. The van der Waals surface area contributed by atoms with Crippen LogP contribution >= 0.6 is 0 Å². The van der Waals surface area contributed by atoms with Gasteiger partial charge in [0.15, 0.2) is 0 Å². The molecule has 11 heavy (non-hydrogen) atoms. The summed E-state index contributed by atoms with van der Waals surface area (Å²) in [5.74, 6) is -6.15. The first kappa shape index (κ1) is 9.93. The van der Waals surface area contributed by atoms with Gasteiger partial charge in [-0.15, -0.1) is 0 Å². The van der Waals surface area contributed by atoms with Crippen molar-refractivity contribution < 1.29 is 27.5 Å². The monoisotopic (exact) mass is 171 g/mol. The smallest absolute Gasteiger partial charge is 0.382 e. The van der Waals surface area contributed by atoms with Gasteiger partial charge in [-0.1, -0.05) is 0 Å². The first-order valence-electron chi connectivity index (χ1n) is 2.34. The van der Waals surface area contributed by atoms with E-state index in [-0.39, 0.29) is 12.2 Å². The van der Waals surface area contributed by atoms with Crippen molar-refractivity contribution in [3.63, 3.8) is 0 Å². The molecule has 0 rings (SSSR count). The molecule has 0 atom stereocenters. The third-order valence-electron chi connectivity index (χ3n) is 0.687. The lowest BCUT2D eigenvalue weighted by Gasteiger charge is -2.06. The van der Waals surface area contributed by atoms with E-state index in [2.05, 4.69) is 0 Å². The third-order valence-corrected chi connectivity index (χ3v) is 0.687. The number of allylic oxidation sites excluding steroid dienone is 1. The Morgan fingerprint density at radius 1 is 1.36 bits per heavy atom. The fourth-order valence-corrected chi connectivity index (χ4v) is 0.239. The molecule has 0 aromatic carbocycles. The van der Waals surface area contributed by atoms with Crippen molar-refractivity contribution in [2.45, 2.75) is 5.92 Å². The van der Waals surface area contributed by atoms with Crippen LogP contribution in [0.1, 0.15) is 0 Å². The summed E-state index contributed by atoms with van der Waals surface area (Å²) < 4.78 is 45.9. The van der Waals surface area contributed by atoms with E-state index in [0.29, 0.717) is 0 Å². The quantitative estimate of drug-likeness (QED) is 0.518. The predicted octanol–water partition coefficient (Wildman–Crippen LogP) is 1.69. The molecule has 0 spiro atoms. The van der Waals surface area contributed by atoms with E-state index in [1.54, 1.807) is 0 Å². The minimum Gasteiger partial charge on any atom is -0.478 e. The Bertz CT molecular complexity index is 175. The molecule has 0 saturated heterocycles. The molecule has 0 aliphatic heterocycles. The number of aliphatic carboxylic acids is 1. The van der Waals surface area contributed by atoms with E-state index < -0.39 is 18.3 Å². The van der Waals surface area contributed by atoms with E-state index in [1.807, 2.05) is 0 Å². The normalized spacial score (nSPS) is 12.8. The Morgan fingerprint density at radius 2 is 1.82 bits per heavy atom. The van der Waals surface area contributed by atoms with E-state index in [1.165, 1.54) is 0 Å². The Kier molecular flexibility index (Phi) is 3.03. The topological polar surface area (TPSA) is 37.3 Å². The van der Waals surface area contributed by atoms with Gasteiger partial charge in [-0.2, -0.15) is 17.6 Å². The molecule has 0 aliphatic rings. The van der Waals surface area contributed by atoms with Crippen molar-refractivity contribution in [2.75, 3.05) is 0 Å². The van der Waals surface area contributed by atoms with Gasteiger partial charge in [-0.3, -0.25) is 0 Å². The number of halogens is 4. The summed E-state index contributed by atoms with van der Waals surface area (Å²) >= 11 is 0. The van der Waals surface area contributed by atoms with Gasteiger partial charge < -0.3 is 5.11 Å². The van der Waals surface area contributed by atoms with Crippen LogP contribution in [0.3, 0.4) is 0 Å². The van der Waals surface area contributed by atoms with Crippen LogP contribution in [0.2, 0.25) is 0 Å². The molecule has 0 saturated carbocycles. The molecule has 0 aromatic heterocycles. The molecule has 0 amide bonds.